The summed E-state index contributed by atoms with van der Waals surface area (Å²) in [6.45, 7) is 1.61. The Labute approximate surface area is 99.5 Å². The zero-order chi connectivity index (χ0) is 12.5. The summed E-state index contributed by atoms with van der Waals surface area (Å²) in [4.78, 5) is 11.3. The fraction of sp³-hybridized carbons (Fsp3) is 0.455. The molecule has 1 aromatic rings. The maximum absolute atomic E-state index is 11.3. The number of hydrogen-bond donors (Lipinski definition) is 2. The quantitative estimate of drug-likeness (QED) is 0.652. The minimum atomic E-state index is -0.103. The molecule has 2 N–H and O–H groups in total. The summed E-state index contributed by atoms with van der Waals surface area (Å²) in [7, 11) is 1.58. The molecule has 92 valence electrons. The molecule has 0 bridgehead atoms. The molecule has 1 amide bonds. The van der Waals surface area contributed by atoms with Gasteiger partial charge in [-0.05, 0) is 12.1 Å². The molecule has 0 saturated carbocycles. The van der Waals surface area contributed by atoms with Crippen molar-refractivity contribution < 1.29 is 13.9 Å². The molecule has 6 heteroatoms. The van der Waals surface area contributed by atoms with E-state index in [1.54, 1.807) is 19.2 Å². The van der Waals surface area contributed by atoms with Crippen LogP contribution in [0.4, 0.5) is 0 Å². The van der Waals surface area contributed by atoms with Crippen molar-refractivity contribution in [2.75, 3.05) is 26.8 Å². The molecule has 0 aliphatic carbocycles. The van der Waals surface area contributed by atoms with Gasteiger partial charge in [-0.2, -0.15) is 5.26 Å². The van der Waals surface area contributed by atoms with Crippen molar-refractivity contribution in [2.45, 2.75) is 6.54 Å². The molecule has 0 spiro atoms. The second kappa shape index (κ2) is 7.44. The smallest absolute Gasteiger partial charge is 0.234 e. The van der Waals surface area contributed by atoms with Crippen LogP contribution in [0.3, 0.4) is 0 Å². The molecule has 0 aliphatic rings. The SMILES string of the molecule is COCCNC(=O)CNCc1ccc(C#N)o1. The van der Waals surface area contributed by atoms with E-state index < -0.39 is 0 Å². The number of carbonyl (C=O) groups is 1. The van der Waals surface area contributed by atoms with Crippen LogP contribution in [0.15, 0.2) is 16.5 Å². The summed E-state index contributed by atoms with van der Waals surface area (Å²) in [5.41, 5.74) is 0. The van der Waals surface area contributed by atoms with Gasteiger partial charge in [0.25, 0.3) is 0 Å². The third-order valence-corrected chi connectivity index (χ3v) is 1.98. The van der Waals surface area contributed by atoms with Gasteiger partial charge in [0.05, 0.1) is 19.7 Å². The van der Waals surface area contributed by atoms with Gasteiger partial charge in [-0.1, -0.05) is 0 Å². The molecule has 0 atom stereocenters. The van der Waals surface area contributed by atoms with Crippen molar-refractivity contribution in [3.63, 3.8) is 0 Å². The van der Waals surface area contributed by atoms with E-state index >= 15 is 0 Å². The highest BCUT2D eigenvalue weighted by Gasteiger charge is 2.03. The monoisotopic (exact) mass is 237 g/mol. The highest BCUT2D eigenvalue weighted by Crippen LogP contribution is 2.05. The van der Waals surface area contributed by atoms with Crippen molar-refractivity contribution in [3.8, 4) is 6.07 Å². The van der Waals surface area contributed by atoms with Gasteiger partial charge in [0.15, 0.2) is 0 Å². The Morgan fingerprint density at radius 2 is 2.41 bits per heavy atom. The maximum atomic E-state index is 11.3. The molecular weight excluding hydrogens is 222 g/mol. The predicted octanol–water partition coefficient (Wildman–Crippen LogP) is 0.00348. The largest absolute Gasteiger partial charge is 0.449 e. The number of ether oxygens (including phenoxy) is 1. The maximum Gasteiger partial charge on any atom is 0.234 e. The number of nitrogens with one attached hydrogen (secondary N) is 2. The first kappa shape index (κ1) is 13.2. The highest BCUT2D eigenvalue weighted by atomic mass is 16.5. The number of methoxy groups -OCH3 is 1. The number of amides is 1. The molecule has 0 aliphatic heterocycles. The van der Waals surface area contributed by atoms with Gasteiger partial charge in [0.1, 0.15) is 11.8 Å². The summed E-state index contributed by atoms with van der Waals surface area (Å²) in [6.07, 6.45) is 0. The summed E-state index contributed by atoms with van der Waals surface area (Å²) < 4.78 is 9.94. The molecule has 1 aromatic heterocycles. The number of hydrogen-bond acceptors (Lipinski definition) is 5. The summed E-state index contributed by atoms with van der Waals surface area (Å²) in [5.74, 6) is 0.798. The van der Waals surface area contributed by atoms with Crippen LogP contribution >= 0.6 is 0 Å². The van der Waals surface area contributed by atoms with Crippen LogP contribution in [0.1, 0.15) is 11.5 Å². The second-order valence-corrected chi connectivity index (χ2v) is 3.32. The normalized spacial score (nSPS) is 9.88. The van der Waals surface area contributed by atoms with Crippen LogP contribution in [-0.4, -0.2) is 32.7 Å². The standard InChI is InChI=1S/C11H15N3O3/c1-16-5-4-14-11(15)8-13-7-10-3-2-9(6-12)17-10/h2-3,13H,4-5,7-8H2,1H3,(H,14,15). The van der Waals surface area contributed by atoms with E-state index in [2.05, 4.69) is 10.6 Å². The Kier molecular flexibility index (Phi) is 5.79. The number of rotatable bonds is 7. The Morgan fingerprint density at radius 3 is 3.06 bits per heavy atom. The zero-order valence-corrected chi connectivity index (χ0v) is 9.66. The van der Waals surface area contributed by atoms with E-state index in [9.17, 15) is 4.79 Å². The lowest BCUT2D eigenvalue weighted by atomic mass is 10.4. The highest BCUT2D eigenvalue weighted by molar-refractivity contribution is 5.77. The Balaban J connectivity index is 2.15. The first-order valence-electron chi connectivity index (χ1n) is 5.21. The van der Waals surface area contributed by atoms with E-state index in [1.807, 2.05) is 6.07 Å². The van der Waals surface area contributed by atoms with E-state index in [0.717, 1.165) is 0 Å². The zero-order valence-electron chi connectivity index (χ0n) is 9.66. The predicted molar refractivity (Wildman–Crippen MR) is 60.0 cm³/mol. The van der Waals surface area contributed by atoms with Gasteiger partial charge >= 0.3 is 0 Å². The molecule has 1 heterocycles. The van der Waals surface area contributed by atoms with Crippen molar-refractivity contribution in [1.29, 1.82) is 5.26 Å². The Bertz CT molecular complexity index is 395. The molecule has 17 heavy (non-hydrogen) atoms. The fourth-order valence-electron chi connectivity index (χ4n) is 1.19. The van der Waals surface area contributed by atoms with Crippen molar-refractivity contribution in [2.24, 2.45) is 0 Å². The lowest BCUT2D eigenvalue weighted by Crippen LogP contribution is -2.35. The minimum absolute atomic E-state index is 0.103. The number of carbonyl (C=O) groups excluding carboxylic acids is 1. The van der Waals surface area contributed by atoms with Gasteiger partial charge in [-0.25, -0.2) is 0 Å². The van der Waals surface area contributed by atoms with Gasteiger partial charge in [-0.15, -0.1) is 0 Å². The molecule has 1 rings (SSSR count). The summed E-state index contributed by atoms with van der Waals surface area (Å²) in [6, 6.07) is 5.19. The molecule has 6 nitrogen and oxygen atoms in total. The van der Waals surface area contributed by atoms with Crippen LogP contribution in [0.5, 0.6) is 0 Å². The van der Waals surface area contributed by atoms with Gasteiger partial charge in [0.2, 0.25) is 11.7 Å². The lowest BCUT2D eigenvalue weighted by Gasteiger charge is -2.04. The molecule has 0 fully saturated rings. The number of nitriles is 1. The van der Waals surface area contributed by atoms with Crippen LogP contribution in [0, 0.1) is 11.3 Å². The number of furan rings is 1. The van der Waals surface area contributed by atoms with Crippen molar-refractivity contribution >= 4 is 5.91 Å². The molecule has 0 unspecified atom stereocenters. The van der Waals surface area contributed by atoms with Crippen LogP contribution in [0.25, 0.3) is 0 Å². The Hall–Kier alpha value is -1.84. The van der Waals surface area contributed by atoms with Crippen molar-refractivity contribution in [1.82, 2.24) is 10.6 Å². The van der Waals surface area contributed by atoms with Crippen LogP contribution < -0.4 is 10.6 Å². The topological polar surface area (TPSA) is 87.3 Å². The average Bonchev–Trinajstić information content (AvgIpc) is 2.77. The van der Waals surface area contributed by atoms with Gasteiger partial charge < -0.3 is 19.8 Å². The van der Waals surface area contributed by atoms with E-state index in [1.165, 1.54) is 0 Å². The summed E-state index contributed by atoms with van der Waals surface area (Å²) >= 11 is 0. The number of nitrogens with zero attached hydrogens (tertiary/aromatic N) is 1. The third kappa shape index (κ3) is 5.15. The molecule has 0 aromatic carbocycles. The minimum Gasteiger partial charge on any atom is -0.449 e. The first-order chi connectivity index (χ1) is 8.26. The third-order valence-electron chi connectivity index (χ3n) is 1.98. The first-order valence-corrected chi connectivity index (χ1v) is 5.21. The lowest BCUT2D eigenvalue weighted by molar-refractivity contribution is -0.120. The van der Waals surface area contributed by atoms with Gasteiger partial charge in [0, 0.05) is 13.7 Å². The van der Waals surface area contributed by atoms with Crippen molar-refractivity contribution in [3.05, 3.63) is 23.7 Å². The molecule has 0 saturated heterocycles. The fourth-order valence-corrected chi connectivity index (χ4v) is 1.19. The van der Waals surface area contributed by atoms with Crippen LogP contribution in [0.2, 0.25) is 0 Å². The van der Waals surface area contributed by atoms with Crippen LogP contribution in [-0.2, 0) is 16.1 Å². The molecular formula is C11H15N3O3. The molecule has 0 radical (unpaired) electrons. The second-order valence-electron chi connectivity index (χ2n) is 3.32. The van der Waals surface area contributed by atoms with E-state index in [4.69, 9.17) is 14.4 Å². The summed E-state index contributed by atoms with van der Waals surface area (Å²) in [5, 5.41) is 14.1. The van der Waals surface area contributed by atoms with E-state index in [0.29, 0.717) is 25.5 Å². The average molecular weight is 237 g/mol. The van der Waals surface area contributed by atoms with E-state index in [-0.39, 0.29) is 18.2 Å². The van der Waals surface area contributed by atoms with Gasteiger partial charge in [-0.3, -0.25) is 4.79 Å². The Morgan fingerprint density at radius 1 is 1.59 bits per heavy atom.